The summed E-state index contributed by atoms with van der Waals surface area (Å²) in [7, 11) is 0. The van der Waals surface area contributed by atoms with Crippen molar-refractivity contribution in [2.75, 3.05) is 13.3 Å². The Balaban J connectivity index is 1.71. The largest absolute Gasteiger partial charge is 0.363 e. The highest BCUT2D eigenvalue weighted by Gasteiger charge is 2.36. The fourth-order valence-corrected chi connectivity index (χ4v) is 3.53. The van der Waals surface area contributed by atoms with Gasteiger partial charge in [-0.25, -0.2) is 0 Å². The first-order valence-electron chi connectivity index (χ1n) is 6.29. The fraction of sp³-hybridized carbons (Fsp3) is 1.00. The van der Waals surface area contributed by atoms with Gasteiger partial charge in [-0.1, -0.05) is 12.8 Å². The molecule has 0 bridgehead atoms. The molecule has 2 nitrogen and oxygen atoms in total. The summed E-state index contributed by atoms with van der Waals surface area (Å²) < 4.78 is 6.02. The van der Waals surface area contributed by atoms with Gasteiger partial charge in [-0.2, -0.15) is 0 Å². The van der Waals surface area contributed by atoms with E-state index >= 15 is 0 Å². The second kappa shape index (κ2) is 3.82. The topological polar surface area (TPSA) is 12.5 Å². The van der Waals surface area contributed by atoms with E-state index < -0.39 is 0 Å². The van der Waals surface area contributed by atoms with Crippen molar-refractivity contribution in [3.8, 4) is 0 Å². The Bertz CT molecular complexity index is 206. The van der Waals surface area contributed by atoms with Crippen molar-refractivity contribution >= 4 is 0 Å². The van der Waals surface area contributed by atoms with E-state index in [2.05, 4.69) is 4.90 Å². The fourth-order valence-electron chi connectivity index (χ4n) is 3.53. The van der Waals surface area contributed by atoms with E-state index in [1.807, 2.05) is 0 Å². The molecule has 3 atom stereocenters. The lowest BCUT2D eigenvalue weighted by Crippen LogP contribution is -2.39. The van der Waals surface area contributed by atoms with Crippen LogP contribution in [0.5, 0.6) is 0 Å². The summed E-state index contributed by atoms with van der Waals surface area (Å²) in [5.41, 5.74) is 0. The lowest BCUT2D eigenvalue weighted by molar-refractivity contribution is -0.0283. The van der Waals surface area contributed by atoms with Gasteiger partial charge in [0.05, 0.1) is 12.8 Å². The van der Waals surface area contributed by atoms with Crippen LogP contribution in [-0.2, 0) is 4.74 Å². The number of rotatable bonds is 0. The molecule has 14 heavy (non-hydrogen) atoms. The molecule has 1 saturated carbocycles. The molecule has 0 unspecified atom stereocenters. The number of nitrogens with zero attached hydrogens (tertiary/aromatic N) is 1. The van der Waals surface area contributed by atoms with Gasteiger partial charge in [0.2, 0.25) is 0 Å². The molecule has 3 aliphatic rings. The minimum atomic E-state index is 0.612. The summed E-state index contributed by atoms with van der Waals surface area (Å²) in [6.45, 7) is 2.20. The molecule has 3 rings (SSSR count). The predicted molar refractivity (Wildman–Crippen MR) is 56.0 cm³/mol. The second-order valence-corrected chi connectivity index (χ2v) is 5.22. The zero-order valence-corrected chi connectivity index (χ0v) is 8.95. The van der Waals surface area contributed by atoms with Crippen molar-refractivity contribution in [1.82, 2.24) is 4.90 Å². The van der Waals surface area contributed by atoms with Gasteiger partial charge in [0.25, 0.3) is 0 Å². The van der Waals surface area contributed by atoms with Crippen LogP contribution in [0, 0.1) is 5.92 Å². The van der Waals surface area contributed by atoms with Crippen LogP contribution in [0.1, 0.15) is 44.9 Å². The van der Waals surface area contributed by atoms with Crippen LogP contribution in [0.15, 0.2) is 0 Å². The molecule has 2 saturated heterocycles. The summed E-state index contributed by atoms with van der Waals surface area (Å²) in [6, 6.07) is 0.858. The molecule has 80 valence electrons. The summed E-state index contributed by atoms with van der Waals surface area (Å²) in [5, 5.41) is 0. The molecule has 2 heterocycles. The van der Waals surface area contributed by atoms with E-state index in [-0.39, 0.29) is 0 Å². The number of ether oxygens (including phenoxy) is 1. The van der Waals surface area contributed by atoms with E-state index in [1.54, 1.807) is 0 Å². The quantitative estimate of drug-likeness (QED) is 0.588. The van der Waals surface area contributed by atoms with E-state index in [0.29, 0.717) is 6.10 Å². The SMILES string of the molecule is C1CCN2CO[C@H]3CCC[C@@H]3C[C@@H]2C1. The van der Waals surface area contributed by atoms with Crippen LogP contribution >= 0.6 is 0 Å². The van der Waals surface area contributed by atoms with Gasteiger partial charge in [-0.3, -0.25) is 4.90 Å². The molecule has 1 aliphatic carbocycles. The maximum atomic E-state index is 6.02. The zero-order valence-electron chi connectivity index (χ0n) is 8.95. The molecule has 0 aromatic rings. The minimum absolute atomic E-state index is 0.612. The Morgan fingerprint density at radius 2 is 2.00 bits per heavy atom. The third-order valence-electron chi connectivity index (χ3n) is 4.37. The normalized spacial score (nSPS) is 44.1. The molecule has 0 radical (unpaired) electrons. The summed E-state index contributed by atoms with van der Waals surface area (Å²) in [4.78, 5) is 2.59. The molecule has 0 amide bonds. The Morgan fingerprint density at radius 3 is 3.00 bits per heavy atom. The van der Waals surface area contributed by atoms with Gasteiger partial charge in [-0.15, -0.1) is 0 Å². The maximum Gasteiger partial charge on any atom is 0.0996 e. The molecule has 0 spiro atoms. The summed E-state index contributed by atoms with van der Waals surface area (Å²) in [6.07, 6.45) is 10.4. The molecule has 2 heteroatoms. The summed E-state index contributed by atoms with van der Waals surface area (Å²) >= 11 is 0. The van der Waals surface area contributed by atoms with E-state index in [0.717, 1.165) is 18.7 Å². The minimum Gasteiger partial charge on any atom is -0.363 e. The molecular weight excluding hydrogens is 174 g/mol. The Morgan fingerprint density at radius 1 is 1.00 bits per heavy atom. The van der Waals surface area contributed by atoms with Gasteiger partial charge in [0.15, 0.2) is 0 Å². The molecule has 2 aliphatic heterocycles. The van der Waals surface area contributed by atoms with Crippen LogP contribution in [0.3, 0.4) is 0 Å². The molecule has 3 fully saturated rings. The van der Waals surface area contributed by atoms with Crippen molar-refractivity contribution in [3.05, 3.63) is 0 Å². The number of fused-ring (bicyclic) bond motifs is 2. The second-order valence-electron chi connectivity index (χ2n) is 5.22. The van der Waals surface area contributed by atoms with Gasteiger partial charge < -0.3 is 4.74 Å². The van der Waals surface area contributed by atoms with Crippen LogP contribution in [-0.4, -0.2) is 30.3 Å². The number of hydrogen-bond acceptors (Lipinski definition) is 2. The van der Waals surface area contributed by atoms with Crippen LogP contribution in [0.25, 0.3) is 0 Å². The van der Waals surface area contributed by atoms with Gasteiger partial charge in [-0.05, 0) is 38.0 Å². The molecule has 0 N–H and O–H groups in total. The van der Waals surface area contributed by atoms with E-state index in [9.17, 15) is 0 Å². The van der Waals surface area contributed by atoms with Gasteiger partial charge in [0.1, 0.15) is 0 Å². The lowest BCUT2D eigenvalue weighted by Gasteiger charge is -2.33. The van der Waals surface area contributed by atoms with E-state index in [1.165, 1.54) is 51.5 Å². The third kappa shape index (κ3) is 1.59. The average Bonchev–Trinajstić information content (AvgIpc) is 2.58. The first kappa shape index (κ1) is 9.17. The Kier molecular flexibility index (Phi) is 2.50. The number of piperidine rings is 1. The highest BCUT2D eigenvalue weighted by molar-refractivity contribution is 4.87. The highest BCUT2D eigenvalue weighted by Crippen LogP contribution is 2.37. The maximum absolute atomic E-state index is 6.02. The van der Waals surface area contributed by atoms with Crippen LogP contribution < -0.4 is 0 Å². The lowest BCUT2D eigenvalue weighted by atomic mass is 9.91. The first-order valence-corrected chi connectivity index (χ1v) is 6.29. The standard InChI is InChI=1S/C12H21NO/c1-2-7-13-9-14-12-6-3-4-10(12)8-11(13)5-1/h10-12H,1-9H2/t10-,11+,12+/m1/s1. The van der Waals surface area contributed by atoms with E-state index in [4.69, 9.17) is 4.74 Å². The van der Waals surface area contributed by atoms with Crippen LogP contribution in [0.2, 0.25) is 0 Å². The summed E-state index contributed by atoms with van der Waals surface area (Å²) in [5.74, 6) is 0.892. The first-order chi connectivity index (χ1) is 6.93. The van der Waals surface area contributed by atoms with Crippen LogP contribution in [0.4, 0.5) is 0 Å². The van der Waals surface area contributed by atoms with Crippen molar-refractivity contribution < 1.29 is 4.74 Å². The Hall–Kier alpha value is -0.0800. The van der Waals surface area contributed by atoms with Gasteiger partial charge >= 0.3 is 0 Å². The Labute approximate surface area is 86.6 Å². The highest BCUT2D eigenvalue weighted by atomic mass is 16.5. The van der Waals surface area contributed by atoms with Crippen molar-refractivity contribution in [2.45, 2.75) is 57.1 Å². The predicted octanol–water partition coefficient (Wildman–Crippen LogP) is 2.39. The zero-order chi connectivity index (χ0) is 9.38. The van der Waals surface area contributed by atoms with Crippen molar-refractivity contribution in [3.63, 3.8) is 0 Å². The monoisotopic (exact) mass is 195 g/mol. The number of hydrogen-bond donors (Lipinski definition) is 0. The third-order valence-corrected chi connectivity index (χ3v) is 4.37. The van der Waals surface area contributed by atoms with Crippen molar-refractivity contribution in [2.24, 2.45) is 5.92 Å². The van der Waals surface area contributed by atoms with Gasteiger partial charge in [0, 0.05) is 12.6 Å². The average molecular weight is 195 g/mol. The molecular formula is C12H21NO. The van der Waals surface area contributed by atoms with Crippen molar-refractivity contribution in [1.29, 1.82) is 0 Å². The smallest absolute Gasteiger partial charge is 0.0996 e. The molecule has 0 aromatic carbocycles. The molecule has 0 aromatic heterocycles.